The van der Waals surface area contributed by atoms with Crippen LogP contribution in [0, 0.1) is 6.92 Å². The van der Waals surface area contributed by atoms with Crippen LogP contribution in [0.3, 0.4) is 0 Å². The molecule has 1 aromatic heterocycles. The van der Waals surface area contributed by atoms with Crippen LogP contribution in [0.25, 0.3) is 0 Å². The summed E-state index contributed by atoms with van der Waals surface area (Å²) in [5.41, 5.74) is 0.723. The van der Waals surface area contributed by atoms with E-state index in [1.807, 2.05) is 0 Å². The van der Waals surface area contributed by atoms with Crippen LogP contribution in [0.5, 0.6) is 0 Å². The largest absolute Gasteiger partial charge is 0.315 e. The van der Waals surface area contributed by atoms with Crippen LogP contribution in [-0.2, 0) is 9.84 Å². The lowest BCUT2D eigenvalue weighted by atomic mass is 10.2. The van der Waals surface area contributed by atoms with E-state index < -0.39 is 9.84 Å². The Labute approximate surface area is 95.2 Å². The van der Waals surface area contributed by atoms with E-state index in [1.165, 1.54) is 6.07 Å². The van der Waals surface area contributed by atoms with E-state index in [4.69, 9.17) is 0 Å². The molecular formula is C10H15N3O2S. The van der Waals surface area contributed by atoms with Crippen molar-refractivity contribution in [2.75, 3.05) is 13.1 Å². The average molecular weight is 241 g/mol. The molecule has 0 aliphatic carbocycles. The van der Waals surface area contributed by atoms with Gasteiger partial charge in [0.25, 0.3) is 0 Å². The van der Waals surface area contributed by atoms with E-state index >= 15 is 0 Å². The standard InChI is InChI=1S/C10H15N3O2S/c1-8-4-5-10(13-12-8)16(14,15)9-3-2-6-11-7-9/h4-5,9,11H,2-3,6-7H2,1H3. The molecular weight excluding hydrogens is 226 g/mol. The molecule has 0 radical (unpaired) electrons. The van der Waals surface area contributed by atoms with Gasteiger partial charge in [-0.1, -0.05) is 0 Å². The van der Waals surface area contributed by atoms with E-state index in [2.05, 4.69) is 15.5 Å². The second-order valence-corrected chi connectivity index (χ2v) is 6.20. The third kappa shape index (κ3) is 2.22. The van der Waals surface area contributed by atoms with Gasteiger partial charge in [-0.3, -0.25) is 0 Å². The molecule has 0 bridgehead atoms. The van der Waals surface area contributed by atoms with Crippen LogP contribution < -0.4 is 5.32 Å². The maximum atomic E-state index is 12.2. The highest BCUT2D eigenvalue weighted by Gasteiger charge is 2.30. The highest BCUT2D eigenvalue weighted by Crippen LogP contribution is 2.18. The van der Waals surface area contributed by atoms with Crippen molar-refractivity contribution in [3.8, 4) is 0 Å². The second-order valence-electron chi connectivity index (χ2n) is 4.03. The fraction of sp³-hybridized carbons (Fsp3) is 0.600. The maximum absolute atomic E-state index is 12.2. The minimum Gasteiger partial charge on any atom is -0.315 e. The number of nitrogens with zero attached hydrogens (tertiary/aromatic N) is 2. The molecule has 1 aliphatic rings. The number of aryl methyl sites for hydroxylation is 1. The first-order chi connectivity index (χ1) is 7.60. The quantitative estimate of drug-likeness (QED) is 0.807. The molecule has 2 rings (SSSR count). The van der Waals surface area contributed by atoms with Crippen molar-refractivity contribution >= 4 is 9.84 Å². The molecule has 16 heavy (non-hydrogen) atoms. The Morgan fingerprint density at radius 1 is 1.38 bits per heavy atom. The van der Waals surface area contributed by atoms with Crippen LogP contribution >= 0.6 is 0 Å². The lowest BCUT2D eigenvalue weighted by molar-refractivity contribution is 0.494. The zero-order valence-corrected chi connectivity index (χ0v) is 10.00. The maximum Gasteiger partial charge on any atom is 0.201 e. The molecule has 0 saturated carbocycles. The second kappa shape index (κ2) is 4.47. The highest BCUT2D eigenvalue weighted by atomic mass is 32.2. The first-order valence-corrected chi connectivity index (χ1v) is 6.90. The summed E-state index contributed by atoms with van der Waals surface area (Å²) in [6.45, 7) is 3.19. The molecule has 6 heteroatoms. The number of aromatic nitrogens is 2. The first kappa shape index (κ1) is 11.5. The Kier molecular flexibility index (Phi) is 3.20. The van der Waals surface area contributed by atoms with Gasteiger partial charge in [0.1, 0.15) is 0 Å². The molecule has 2 heterocycles. The van der Waals surface area contributed by atoms with E-state index in [0.29, 0.717) is 13.0 Å². The van der Waals surface area contributed by atoms with Crippen LogP contribution in [-0.4, -0.2) is 37.0 Å². The summed E-state index contributed by atoms with van der Waals surface area (Å²) >= 11 is 0. The van der Waals surface area contributed by atoms with Gasteiger partial charge in [-0.05, 0) is 38.4 Å². The molecule has 1 aliphatic heterocycles. The van der Waals surface area contributed by atoms with Gasteiger partial charge in [-0.2, -0.15) is 5.10 Å². The van der Waals surface area contributed by atoms with Crippen molar-refractivity contribution in [2.45, 2.75) is 30.0 Å². The van der Waals surface area contributed by atoms with Gasteiger partial charge in [0.2, 0.25) is 9.84 Å². The Balaban J connectivity index is 2.27. The van der Waals surface area contributed by atoms with Crippen LogP contribution in [0.4, 0.5) is 0 Å². The number of hydrogen-bond acceptors (Lipinski definition) is 5. The number of sulfone groups is 1. The van der Waals surface area contributed by atoms with Crippen LogP contribution in [0.1, 0.15) is 18.5 Å². The van der Waals surface area contributed by atoms with Gasteiger partial charge in [-0.25, -0.2) is 8.42 Å². The van der Waals surface area contributed by atoms with Crippen molar-refractivity contribution in [3.05, 3.63) is 17.8 Å². The minimum absolute atomic E-state index is 0.0896. The van der Waals surface area contributed by atoms with Crippen molar-refractivity contribution < 1.29 is 8.42 Å². The Hall–Kier alpha value is -1.01. The lowest BCUT2D eigenvalue weighted by Crippen LogP contribution is -2.39. The van der Waals surface area contributed by atoms with E-state index in [0.717, 1.165) is 18.7 Å². The SMILES string of the molecule is Cc1ccc(S(=O)(=O)C2CCCNC2)nn1. The molecule has 1 fully saturated rings. The summed E-state index contributed by atoms with van der Waals surface area (Å²) in [6.07, 6.45) is 1.59. The molecule has 88 valence electrons. The zero-order valence-electron chi connectivity index (χ0n) is 9.18. The van der Waals surface area contributed by atoms with E-state index in [9.17, 15) is 8.42 Å². The van der Waals surface area contributed by atoms with Gasteiger partial charge in [0.15, 0.2) is 5.03 Å². The molecule has 1 unspecified atom stereocenters. The van der Waals surface area contributed by atoms with E-state index in [1.54, 1.807) is 13.0 Å². The van der Waals surface area contributed by atoms with Gasteiger partial charge in [0, 0.05) is 6.54 Å². The molecule has 5 nitrogen and oxygen atoms in total. The normalized spacial score (nSPS) is 21.9. The van der Waals surface area contributed by atoms with Gasteiger partial charge in [-0.15, -0.1) is 5.10 Å². The van der Waals surface area contributed by atoms with Crippen molar-refractivity contribution in [3.63, 3.8) is 0 Å². The topological polar surface area (TPSA) is 72.0 Å². The Bertz CT molecular complexity index is 449. The smallest absolute Gasteiger partial charge is 0.201 e. The molecule has 0 spiro atoms. The summed E-state index contributed by atoms with van der Waals surface area (Å²) < 4.78 is 24.3. The van der Waals surface area contributed by atoms with Crippen molar-refractivity contribution in [1.82, 2.24) is 15.5 Å². The van der Waals surface area contributed by atoms with Gasteiger partial charge in [0.05, 0.1) is 10.9 Å². The van der Waals surface area contributed by atoms with Gasteiger partial charge >= 0.3 is 0 Å². The molecule has 1 N–H and O–H groups in total. The number of nitrogens with one attached hydrogen (secondary N) is 1. The molecule has 0 amide bonds. The van der Waals surface area contributed by atoms with Crippen molar-refractivity contribution in [1.29, 1.82) is 0 Å². The Morgan fingerprint density at radius 2 is 2.19 bits per heavy atom. The average Bonchev–Trinajstić information content (AvgIpc) is 2.31. The monoisotopic (exact) mass is 241 g/mol. The summed E-state index contributed by atoms with van der Waals surface area (Å²) in [5.74, 6) is 0. The third-order valence-electron chi connectivity index (χ3n) is 2.76. The highest BCUT2D eigenvalue weighted by molar-refractivity contribution is 7.92. The summed E-state index contributed by atoms with van der Waals surface area (Å²) in [7, 11) is -3.31. The third-order valence-corrected chi connectivity index (χ3v) is 4.84. The first-order valence-electron chi connectivity index (χ1n) is 5.35. The fourth-order valence-electron chi connectivity index (χ4n) is 1.79. The lowest BCUT2D eigenvalue weighted by Gasteiger charge is -2.22. The van der Waals surface area contributed by atoms with Crippen molar-refractivity contribution in [2.24, 2.45) is 0 Å². The number of rotatable bonds is 2. The molecule has 0 aromatic carbocycles. The predicted molar refractivity (Wildman–Crippen MR) is 59.8 cm³/mol. The minimum atomic E-state index is -3.31. The fourth-order valence-corrected chi connectivity index (χ4v) is 3.36. The summed E-state index contributed by atoms with van der Waals surface area (Å²) in [4.78, 5) is 0. The zero-order chi connectivity index (χ0) is 11.6. The van der Waals surface area contributed by atoms with E-state index in [-0.39, 0.29) is 10.3 Å². The number of piperidine rings is 1. The van der Waals surface area contributed by atoms with Gasteiger partial charge < -0.3 is 5.32 Å². The number of hydrogen-bond donors (Lipinski definition) is 1. The predicted octanol–water partition coefficient (Wildman–Crippen LogP) is 0.311. The molecule has 1 atom stereocenters. The Morgan fingerprint density at radius 3 is 2.75 bits per heavy atom. The van der Waals surface area contributed by atoms with Crippen LogP contribution in [0.2, 0.25) is 0 Å². The molecule has 1 aromatic rings. The van der Waals surface area contributed by atoms with Crippen LogP contribution in [0.15, 0.2) is 17.2 Å². The summed E-state index contributed by atoms with van der Waals surface area (Å²) in [5, 5.41) is 10.4. The summed E-state index contributed by atoms with van der Waals surface area (Å²) in [6, 6.07) is 3.21. The molecule has 1 saturated heterocycles.